The average molecular weight is 240 g/mol. The molecule has 0 aromatic carbocycles. The summed E-state index contributed by atoms with van der Waals surface area (Å²) in [5.41, 5.74) is 1.39. The van der Waals surface area contributed by atoms with E-state index in [2.05, 4.69) is 35.6 Å². The lowest BCUT2D eigenvalue weighted by Gasteiger charge is -2.30. The summed E-state index contributed by atoms with van der Waals surface area (Å²) < 4.78 is 5.70. The molecule has 1 aromatic heterocycles. The highest BCUT2D eigenvalue weighted by Gasteiger charge is 2.16. The van der Waals surface area contributed by atoms with Crippen molar-refractivity contribution in [3.63, 3.8) is 0 Å². The van der Waals surface area contributed by atoms with E-state index in [1.165, 1.54) is 10.4 Å². The molecule has 1 fully saturated rings. The topological polar surface area (TPSA) is 24.5 Å². The smallest absolute Gasteiger partial charge is 0.0826 e. The van der Waals surface area contributed by atoms with Gasteiger partial charge in [-0.3, -0.25) is 0 Å². The van der Waals surface area contributed by atoms with E-state index in [0.29, 0.717) is 6.10 Å². The number of hydrogen-bond acceptors (Lipinski definition) is 4. The predicted molar refractivity (Wildman–Crippen MR) is 68.0 cm³/mol. The second kappa shape index (κ2) is 5.77. The highest BCUT2D eigenvalue weighted by molar-refractivity contribution is 7.10. The zero-order valence-corrected chi connectivity index (χ0v) is 10.8. The lowest BCUT2D eigenvalue weighted by atomic mass is 10.2. The Morgan fingerprint density at radius 1 is 1.62 bits per heavy atom. The summed E-state index contributed by atoms with van der Waals surface area (Å²) in [6.07, 6.45) is 0.346. The van der Waals surface area contributed by atoms with Crippen LogP contribution in [0, 0.1) is 6.92 Å². The van der Waals surface area contributed by atoms with Crippen LogP contribution in [0.3, 0.4) is 0 Å². The number of hydrogen-bond donors (Lipinski definition) is 1. The Morgan fingerprint density at radius 3 is 3.19 bits per heavy atom. The Hall–Kier alpha value is -0.420. The van der Waals surface area contributed by atoms with Gasteiger partial charge in [0, 0.05) is 31.1 Å². The highest BCUT2D eigenvalue weighted by Crippen LogP contribution is 2.14. The van der Waals surface area contributed by atoms with Crippen molar-refractivity contribution in [1.29, 1.82) is 0 Å². The van der Waals surface area contributed by atoms with Gasteiger partial charge in [-0.05, 0) is 31.0 Å². The molecule has 2 rings (SSSR count). The fraction of sp³-hybridized carbons (Fsp3) is 0.667. The average Bonchev–Trinajstić information content (AvgIpc) is 2.65. The van der Waals surface area contributed by atoms with Crippen molar-refractivity contribution >= 4 is 11.3 Å². The van der Waals surface area contributed by atoms with Crippen LogP contribution in [0.1, 0.15) is 10.4 Å². The Balaban J connectivity index is 1.70. The highest BCUT2D eigenvalue weighted by atomic mass is 32.1. The fourth-order valence-corrected chi connectivity index (χ4v) is 2.80. The second-order valence-corrected chi connectivity index (χ2v) is 5.41. The van der Waals surface area contributed by atoms with Gasteiger partial charge >= 0.3 is 0 Å². The first-order valence-electron chi connectivity index (χ1n) is 5.79. The van der Waals surface area contributed by atoms with Crippen LogP contribution in [-0.4, -0.2) is 44.3 Å². The summed E-state index contributed by atoms with van der Waals surface area (Å²) in [4.78, 5) is 3.76. The summed E-state index contributed by atoms with van der Waals surface area (Å²) >= 11 is 1.82. The summed E-state index contributed by atoms with van der Waals surface area (Å²) in [6, 6.07) is 2.17. The molecule has 2 heterocycles. The van der Waals surface area contributed by atoms with E-state index in [1.807, 2.05) is 11.3 Å². The van der Waals surface area contributed by atoms with Gasteiger partial charge < -0.3 is 15.0 Å². The molecule has 1 unspecified atom stereocenters. The molecule has 1 aromatic rings. The number of aryl methyl sites for hydroxylation is 1. The van der Waals surface area contributed by atoms with Crippen LogP contribution in [0.5, 0.6) is 0 Å². The van der Waals surface area contributed by atoms with Crippen molar-refractivity contribution in [3.05, 3.63) is 21.9 Å². The van der Waals surface area contributed by atoms with Crippen molar-refractivity contribution < 1.29 is 4.74 Å². The van der Waals surface area contributed by atoms with Gasteiger partial charge in [0.05, 0.1) is 12.7 Å². The molecule has 16 heavy (non-hydrogen) atoms. The summed E-state index contributed by atoms with van der Waals surface area (Å²) in [5.74, 6) is 0. The number of ether oxygens (including phenoxy) is 1. The minimum absolute atomic E-state index is 0.346. The SMILES string of the molecule is Cc1ccsc1CNCC1CN(C)CCO1. The lowest BCUT2D eigenvalue weighted by molar-refractivity contribution is -0.0182. The van der Waals surface area contributed by atoms with E-state index in [0.717, 1.165) is 32.8 Å². The van der Waals surface area contributed by atoms with Crippen molar-refractivity contribution in [2.45, 2.75) is 19.6 Å². The molecular weight excluding hydrogens is 220 g/mol. The molecule has 4 heteroatoms. The van der Waals surface area contributed by atoms with Crippen LogP contribution >= 0.6 is 11.3 Å². The maximum absolute atomic E-state index is 5.70. The monoisotopic (exact) mass is 240 g/mol. The maximum atomic E-state index is 5.70. The minimum Gasteiger partial charge on any atom is -0.374 e. The Labute approximate surface area is 101 Å². The Morgan fingerprint density at radius 2 is 2.50 bits per heavy atom. The predicted octanol–water partition coefficient (Wildman–Crippen LogP) is 1.48. The van der Waals surface area contributed by atoms with E-state index < -0.39 is 0 Å². The van der Waals surface area contributed by atoms with Crippen LogP contribution in [0.25, 0.3) is 0 Å². The molecule has 1 atom stereocenters. The van der Waals surface area contributed by atoms with Gasteiger partial charge in [-0.25, -0.2) is 0 Å². The molecule has 0 radical (unpaired) electrons. The van der Waals surface area contributed by atoms with Crippen LogP contribution in [-0.2, 0) is 11.3 Å². The summed E-state index contributed by atoms with van der Waals surface area (Å²) in [5, 5.41) is 5.63. The standard InChI is InChI=1S/C12H20N2OS/c1-10-3-6-16-12(10)8-13-7-11-9-14(2)4-5-15-11/h3,6,11,13H,4-5,7-9H2,1-2H3. The maximum Gasteiger partial charge on any atom is 0.0826 e. The van der Waals surface area contributed by atoms with Crippen molar-refractivity contribution in [2.75, 3.05) is 33.3 Å². The second-order valence-electron chi connectivity index (χ2n) is 4.41. The van der Waals surface area contributed by atoms with Gasteiger partial charge in [0.25, 0.3) is 0 Å². The molecule has 0 bridgehead atoms. The number of likely N-dealkylation sites (N-methyl/N-ethyl adjacent to an activating group) is 1. The molecule has 1 N–H and O–H groups in total. The third-order valence-electron chi connectivity index (χ3n) is 2.97. The van der Waals surface area contributed by atoms with Gasteiger partial charge in [-0.2, -0.15) is 0 Å². The molecule has 0 saturated carbocycles. The zero-order chi connectivity index (χ0) is 11.4. The molecule has 1 aliphatic heterocycles. The summed E-state index contributed by atoms with van der Waals surface area (Å²) in [7, 11) is 2.15. The van der Waals surface area contributed by atoms with Crippen LogP contribution in [0.15, 0.2) is 11.4 Å². The van der Waals surface area contributed by atoms with Crippen molar-refractivity contribution in [1.82, 2.24) is 10.2 Å². The number of nitrogens with one attached hydrogen (secondary N) is 1. The van der Waals surface area contributed by atoms with Gasteiger partial charge in [-0.1, -0.05) is 0 Å². The van der Waals surface area contributed by atoms with Crippen molar-refractivity contribution in [3.8, 4) is 0 Å². The van der Waals surface area contributed by atoms with Gasteiger partial charge in [-0.15, -0.1) is 11.3 Å². The molecule has 1 aliphatic rings. The van der Waals surface area contributed by atoms with Crippen LogP contribution in [0.2, 0.25) is 0 Å². The van der Waals surface area contributed by atoms with E-state index in [9.17, 15) is 0 Å². The van der Waals surface area contributed by atoms with Crippen LogP contribution in [0.4, 0.5) is 0 Å². The quantitative estimate of drug-likeness (QED) is 0.862. The lowest BCUT2D eigenvalue weighted by Crippen LogP contribution is -2.44. The molecule has 3 nitrogen and oxygen atoms in total. The first kappa shape index (κ1) is 12.0. The number of thiophene rings is 1. The zero-order valence-electron chi connectivity index (χ0n) is 10.0. The number of morpholine rings is 1. The molecule has 1 saturated heterocycles. The normalized spacial score (nSPS) is 22.5. The minimum atomic E-state index is 0.346. The van der Waals surface area contributed by atoms with E-state index in [4.69, 9.17) is 4.74 Å². The van der Waals surface area contributed by atoms with Crippen LogP contribution < -0.4 is 5.32 Å². The van der Waals surface area contributed by atoms with E-state index in [1.54, 1.807) is 0 Å². The van der Waals surface area contributed by atoms with Crippen molar-refractivity contribution in [2.24, 2.45) is 0 Å². The van der Waals surface area contributed by atoms with Gasteiger partial charge in [0.15, 0.2) is 0 Å². The molecule has 0 amide bonds. The van der Waals surface area contributed by atoms with Gasteiger partial charge in [0.1, 0.15) is 0 Å². The Kier molecular flexibility index (Phi) is 4.35. The first-order valence-corrected chi connectivity index (χ1v) is 6.67. The largest absolute Gasteiger partial charge is 0.374 e. The third kappa shape index (κ3) is 3.28. The number of nitrogens with zero attached hydrogens (tertiary/aromatic N) is 1. The summed E-state index contributed by atoms with van der Waals surface area (Å²) in [6.45, 7) is 7.03. The third-order valence-corrected chi connectivity index (χ3v) is 3.99. The van der Waals surface area contributed by atoms with E-state index in [-0.39, 0.29) is 0 Å². The Bertz CT molecular complexity index is 327. The molecule has 90 valence electrons. The molecule has 0 spiro atoms. The van der Waals surface area contributed by atoms with E-state index >= 15 is 0 Å². The first-order chi connectivity index (χ1) is 7.75. The number of rotatable bonds is 4. The molecular formula is C12H20N2OS. The van der Waals surface area contributed by atoms with Gasteiger partial charge in [0.2, 0.25) is 0 Å². The molecule has 0 aliphatic carbocycles. The fourth-order valence-electron chi connectivity index (χ4n) is 1.92.